The van der Waals surface area contributed by atoms with Crippen LogP contribution in [0.5, 0.6) is 0 Å². The molecule has 2 aromatic rings. The Hall–Kier alpha value is -1.61. The first-order chi connectivity index (χ1) is 13.7. The van der Waals surface area contributed by atoms with Crippen molar-refractivity contribution in [1.82, 2.24) is 0 Å². The van der Waals surface area contributed by atoms with Crippen LogP contribution in [0.3, 0.4) is 0 Å². The van der Waals surface area contributed by atoms with Crippen molar-refractivity contribution in [1.29, 1.82) is 0 Å². The molecule has 1 aliphatic heterocycles. The number of ether oxygens (including phenoxy) is 2. The maximum Gasteiger partial charge on any atom is 0.160 e. The summed E-state index contributed by atoms with van der Waals surface area (Å²) >= 11 is 5.99. The molecular formula is C25H29ClO2. The quantitative estimate of drug-likeness (QED) is 0.526. The minimum Gasteiger partial charge on any atom is -0.352 e. The molecule has 1 heterocycles. The van der Waals surface area contributed by atoms with Crippen LogP contribution in [0.4, 0.5) is 0 Å². The molecule has 1 saturated carbocycles. The molecule has 2 aliphatic rings. The van der Waals surface area contributed by atoms with Gasteiger partial charge in [0.1, 0.15) is 0 Å². The van der Waals surface area contributed by atoms with Crippen molar-refractivity contribution in [3.05, 3.63) is 71.3 Å². The highest BCUT2D eigenvalue weighted by atomic mass is 35.5. The molecule has 2 fully saturated rings. The van der Waals surface area contributed by atoms with Crippen molar-refractivity contribution in [3.63, 3.8) is 0 Å². The number of hydrogen-bond acceptors (Lipinski definition) is 2. The van der Waals surface area contributed by atoms with E-state index in [1.54, 1.807) is 0 Å². The molecule has 1 saturated heterocycles. The van der Waals surface area contributed by atoms with E-state index in [1.807, 2.05) is 12.1 Å². The summed E-state index contributed by atoms with van der Waals surface area (Å²) in [6.07, 6.45) is 9.06. The minimum atomic E-state index is -0.00487. The zero-order valence-electron chi connectivity index (χ0n) is 16.5. The van der Waals surface area contributed by atoms with Gasteiger partial charge in [-0.2, -0.15) is 0 Å². The lowest BCUT2D eigenvalue weighted by molar-refractivity contribution is -0.222. The maximum absolute atomic E-state index is 6.01. The van der Waals surface area contributed by atoms with Crippen molar-refractivity contribution in [2.75, 3.05) is 13.2 Å². The van der Waals surface area contributed by atoms with Gasteiger partial charge in [0.2, 0.25) is 0 Å². The molecule has 0 unspecified atom stereocenters. The summed E-state index contributed by atoms with van der Waals surface area (Å²) in [7, 11) is 0. The second-order valence-corrected chi connectivity index (χ2v) is 8.50. The van der Waals surface area contributed by atoms with Crippen molar-refractivity contribution in [3.8, 4) is 11.1 Å². The van der Waals surface area contributed by atoms with E-state index in [2.05, 4.69) is 55.5 Å². The predicted molar refractivity (Wildman–Crippen MR) is 116 cm³/mol. The molecule has 2 aromatic carbocycles. The largest absolute Gasteiger partial charge is 0.352 e. The van der Waals surface area contributed by atoms with Crippen LogP contribution in [0.15, 0.2) is 60.7 Å². The van der Waals surface area contributed by atoms with Crippen LogP contribution in [0.25, 0.3) is 11.1 Å². The number of allylic oxidation sites excluding steroid dienone is 1. The molecule has 28 heavy (non-hydrogen) atoms. The Bertz CT molecular complexity index is 765. The van der Waals surface area contributed by atoms with Gasteiger partial charge in [-0.25, -0.2) is 0 Å². The van der Waals surface area contributed by atoms with E-state index in [4.69, 9.17) is 21.1 Å². The highest BCUT2D eigenvalue weighted by molar-refractivity contribution is 6.30. The summed E-state index contributed by atoms with van der Waals surface area (Å²) in [4.78, 5) is 0. The van der Waals surface area contributed by atoms with Gasteiger partial charge >= 0.3 is 0 Å². The van der Waals surface area contributed by atoms with Gasteiger partial charge in [-0.1, -0.05) is 60.2 Å². The zero-order chi connectivity index (χ0) is 19.3. The number of rotatable bonds is 4. The number of hydrogen-bond donors (Lipinski definition) is 0. The smallest absolute Gasteiger partial charge is 0.160 e. The van der Waals surface area contributed by atoms with Crippen LogP contribution in [-0.4, -0.2) is 19.5 Å². The number of halogens is 1. The molecule has 0 atom stereocenters. The van der Waals surface area contributed by atoms with Crippen molar-refractivity contribution >= 4 is 11.6 Å². The van der Waals surface area contributed by atoms with Crippen molar-refractivity contribution < 1.29 is 9.47 Å². The van der Waals surface area contributed by atoms with Gasteiger partial charge in [0.25, 0.3) is 0 Å². The van der Waals surface area contributed by atoms with Crippen LogP contribution < -0.4 is 0 Å². The fraction of sp³-hybridized carbons (Fsp3) is 0.440. The third kappa shape index (κ3) is 4.68. The molecule has 0 amide bonds. The van der Waals surface area contributed by atoms with Crippen LogP contribution in [0.2, 0.25) is 5.02 Å². The zero-order valence-corrected chi connectivity index (χ0v) is 17.3. The van der Waals surface area contributed by atoms with Gasteiger partial charge in [-0.05, 0) is 67.3 Å². The van der Waals surface area contributed by atoms with E-state index in [9.17, 15) is 0 Å². The molecule has 148 valence electrons. The highest BCUT2D eigenvalue weighted by Gasteiger charge is 2.32. The van der Waals surface area contributed by atoms with E-state index in [-0.39, 0.29) is 6.29 Å². The van der Waals surface area contributed by atoms with Crippen LogP contribution >= 0.6 is 11.6 Å². The molecule has 0 spiro atoms. The fourth-order valence-electron chi connectivity index (χ4n) is 4.50. The highest BCUT2D eigenvalue weighted by Crippen LogP contribution is 2.39. The Labute approximate surface area is 173 Å². The lowest BCUT2D eigenvalue weighted by Gasteiger charge is -2.37. The van der Waals surface area contributed by atoms with Gasteiger partial charge < -0.3 is 9.47 Å². The summed E-state index contributed by atoms with van der Waals surface area (Å²) in [5.74, 6) is 1.60. The van der Waals surface area contributed by atoms with Gasteiger partial charge in [0, 0.05) is 16.9 Å². The van der Waals surface area contributed by atoms with E-state index in [0.717, 1.165) is 18.2 Å². The normalized spacial score (nSPS) is 28.5. The molecule has 3 heteroatoms. The third-order valence-corrected chi connectivity index (χ3v) is 6.38. The van der Waals surface area contributed by atoms with E-state index >= 15 is 0 Å². The average molecular weight is 397 g/mol. The molecule has 0 N–H and O–H groups in total. The summed E-state index contributed by atoms with van der Waals surface area (Å²) in [5.41, 5.74) is 3.91. The van der Waals surface area contributed by atoms with Crippen LogP contribution in [-0.2, 0) is 9.47 Å². The molecular weight excluding hydrogens is 368 g/mol. The van der Waals surface area contributed by atoms with Crippen molar-refractivity contribution in [2.24, 2.45) is 11.8 Å². The predicted octanol–water partition coefficient (Wildman–Crippen LogP) is 6.85. The molecule has 1 aliphatic carbocycles. The second kappa shape index (κ2) is 9.26. The summed E-state index contributed by atoms with van der Waals surface area (Å²) in [5, 5.41) is 0.778. The standard InChI is InChI=1S/C25H29ClO2/c1-2-3-18-16-27-25(28-17-18)23-10-8-21(9-11-23)19-4-6-20(7-5-19)22-12-14-24(26)15-13-22/h2-7,12-15,18,21,23,25H,8-11,16-17H2,1H3/b3-2+/t18-,21?,23?,25-. The monoisotopic (exact) mass is 396 g/mol. The Kier molecular flexibility index (Phi) is 6.51. The molecule has 0 bridgehead atoms. The van der Waals surface area contributed by atoms with E-state index < -0.39 is 0 Å². The van der Waals surface area contributed by atoms with Gasteiger partial charge in [0.15, 0.2) is 6.29 Å². The SMILES string of the molecule is C/C=C/[C@H]1CO[C@H](C2CCC(c3ccc(-c4ccc(Cl)cc4)cc3)CC2)OC1. The average Bonchev–Trinajstić information content (AvgIpc) is 2.75. The minimum absolute atomic E-state index is 0.00487. The first kappa shape index (κ1) is 19.7. The van der Waals surface area contributed by atoms with Gasteiger partial charge in [0.05, 0.1) is 13.2 Å². The topological polar surface area (TPSA) is 18.5 Å². The molecule has 4 rings (SSSR count). The second-order valence-electron chi connectivity index (χ2n) is 8.06. The number of benzene rings is 2. The maximum atomic E-state index is 6.01. The van der Waals surface area contributed by atoms with Crippen LogP contribution in [0, 0.1) is 11.8 Å². The van der Waals surface area contributed by atoms with Gasteiger partial charge in [-0.15, -0.1) is 0 Å². The first-order valence-electron chi connectivity index (χ1n) is 10.4. The summed E-state index contributed by atoms with van der Waals surface area (Å²) in [6, 6.07) is 17.1. The Morgan fingerprint density at radius 1 is 0.821 bits per heavy atom. The lowest BCUT2D eigenvalue weighted by Crippen LogP contribution is -2.37. The Morgan fingerprint density at radius 3 is 1.96 bits per heavy atom. The molecule has 0 radical (unpaired) electrons. The Balaban J connectivity index is 1.31. The summed E-state index contributed by atoms with van der Waals surface area (Å²) in [6.45, 7) is 3.64. The van der Waals surface area contributed by atoms with Crippen LogP contribution in [0.1, 0.15) is 44.1 Å². The van der Waals surface area contributed by atoms with Crippen molar-refractivity contribution in [2.45, 2.75) is 44.8 Å². The Morgan fingerprint density at radius 2 is 1.39 bits per heavy atom. The molecule has 2 nitrogen and oxygen atoms in total. The van der Waals surface area contributed by atoms with E-state index in [0.29, 0.717) is 17.8 Å². The lowest BCUT2D eigenvalue weighted by atomic mass is 9.78. The fourth-order valence-corrected chi connectivity index (χ4v) is 4.63. The van der Waals surface area contributed by atoms with E-state index in [1.165, 1.54) is 42.4 Å². The molecule has 0 aromatic heterocycles. The first-order valence-corrected chi connectivity index (χ1v) is 10.8. The van der Waals surface area contributed by atoms with Gasteiger partial charge in [-0.3, -0.25) is 0 Å². The third-order valence-electron chi connectivity index (χ3n) is 6.13. The summed E-state index contributed by atoms with van der Waals surface area (Å²) < 4.78 is 12.0.